The number of aliphatic hydroxyl groups is 1. The number of aliphatic hydroxyl groups excluding tert-OH is 1. The Balaban J connectivity index is 3.49. The van der Waals surface area contributed by atoms with Gasteiger partial charge in [-0.3, -0.25) is 0 Å². The zero-order valence-electron chi connectivity index (χ0n) is 6.52. The fourth-order valence-electron chi connectivity index (χ4n) is 0.950. The molecule has 0 aromatic heterocycles. The van der Waals surface area contributed by atoms with Gasteiger partial charge in [0.15, 0.2) is 0 Å². The largest absolute Gasteiger partial charge is 0.513 e. The predicted octanol–water partition coefficient (Wildman–Crippen LogP) is 2.88. The zero-order chi connectivity index (χ0) is 7.28. The molecular formula is C8H16O. The summed E-state index contributed by atoms with van der Waals surface area (Å²) >= 11 is 0. The van der Waals surface area contributed by atoms with Crippen molar-refractivity contribution >= 4 is 0 Å². The molecule has 0 saturated heterocycles. The van der Waals surface area contributed by atoms with Gasteiger partial charge in [0, 0.05) is 0 Å². The van der Waals surface area contributed by atoms with Crippen LogP contribution < -0.4 is 0 Å². The van der Waals surface area contributed by atoms with Gasteiger partial charge in [-0.05, 0) is 25.3 Å². The molecule has 0 aliphatic carbocycles. The molecular weight excluding hydrogens is 112 g/mol. The van der Waals surface area contributed by atoms with Crippen LogP contribution in [0.3, 0.4) is 0 Å². The van der Waals surface area contributed by atoms with Gasteiger partial charge < -0.3 is 5.11 Å². The van der Waals surface area contributed by atoms with Crippen LogP contribution in [0.4, 0.5) is 0 Å². The quantitative estimate of drug-likeness (QED) is 0.579. The molecule has 0 aliphatic rings. The number of hydrogen-bond donors (Lipinski definition) is 1. The van der Waals surface area contributed by atoms with Crippen LogP contribution in [0.1, 0.15) is 33.6 Å². The van der Waals surface area contributed by atoms with Gasteiger partial charge in [-0.2, -0.15) is 0 Å². The van der Waals surface area contributed by atoms with E-state index >= 15 is 0 Å². The number of hydrogen-bond acceptors (Lipinski definition) is 1. The monoisotopic (exact) mass is 128 g/mol. The summed E-state index contributed by atoms with van der Waals surface area (Å²) in [5.41, 5.74) is 0. The molecule has 0 aliphatic heterocycles. The Kier molecular flexibility index (Phi) is 4.20. The maximum absolute atomic E-state index is 8.81. The molecule has 0 aromatic carbocycles. The molecule has 0 spiro atoms. The molecule has 1 heteroatoms. The topological polar surface area (TPSA) is 20.2 Å². The molecule has 0 fully saturated rings. The summed E-state index contributed by atoms with van der Waals surface area (Å²) in [7, 11) is 0. The highest BCUT2D eigenvalue weighted by Gasteiger charge is 1.94. The van der Waals surface area contributed by atoms with Gasteiger partial charge in [0.2, 0.25) is 0 Å². The van der Waals surface area contributed by atoms with E-state index in [4.69, 9.17) is 5.11 Å². The molecule has 0 heterocycles. The second-order valence-corrected chi connectivity index (χ2v) is 2.57. The molecule has 0 amide bonds. The first-order chi connectivity index (χ1) is 4.16. The van der Waals surface area contributed by atoms with Gasteiger partial charge in [0.05, 0.1) is 5.76 Å². The first kappa shape index (κ1) is 8.54. The molecule has 0 aromatic rings. The zero-order valence-corrected chi connectivity index (χ0v) is 6.52. The maximum atomic E-state index is 8.81. The van der Waals surface area contributed by atoms with E-state index in [1.54, 1.807) is 6.92 Å². The molecule has 0 unspecified atom stereocenters. The summed E-state index contributed by atoms with van der Waals surface area (Å²) in [5, 5.41) is 8.81. The average Bonchev–Trinajstić information content (AvgIpc) is 1.63. The van der Waals surface area contributed by atoms with Crippen molar-refractivity contribution in [3.05, 3.63) is 11.8 Å². The summed E-state index contributed by atoms with van der Waals surface area (Å²) in [6.45, 7) is 5.98. The molecule has 0 saturated carbocycles. The van der Waals surface area contributed by atoms with Crippen molar-refractivity contribution < 1.29 is 5.11 Å². The SMILES string of the molecule is CCC[C@H](C)/C=C(/C)O. The summed E-state index contributed by atoms with van der Waals surface area (Å²) in [4.78, 5) is 0. The molecule has 1 nitrogen and oxygen atoms in total. The van der Waals surface area contributed by atoms with Gasteiger partial charge >= 0.3 is 0 Å². The van der Waals surface area contributed by atoms with E-state index in [2.05, 4.69) is 13.8 Å². The second-order valence-electron chi connectivity index (χ2n) is 2.57. The van der Waals surface area contributed by atoms with Crippen molar-refractivity contribution in [1.29, 1.82) is 0 Å². The minimum atomic E-state index is 0.441. The van der Waals surface area contributed by atoms with Crippen LogP contribution in [0.15, 0.2) is 11.8 Å². The summed E-state index contributed by atoms with van der Waals surface area (Å²) < 4.78 is 0. The van der Waals surface area contributed by atoms with E-state index in [-0.39, 0.29) is 0 Å². The van der Waals surface area contributed by atoms with Crippen molar-refractivity contribution in [3.8, 4) is 0 Å². The number of rotatable bonds is 3. The average molecular weight is 128 g/mol. The molecule has 1 atom stereocenters. The van der Waals surface area contributed by atoms with Crippen LogP contribution in [-0.2, 0) is 0 Å². The third-order valence-electron chi connectivity index (χ3n) is 1.27. The minimum absolute atomic E-state index is 0.441. The Morgan fingerprint density at radius 2 is 2.22 bits per heavy atom. The van der Waals surface area contributed by atoms with Crippen molar-refractivity contribution in [1.82, 2.24) is 0 Å². The van der Waals surface area contributed by atoms with E-state index in [1.165, 1.54) is 6.42 Å². The Labute approximate surface area is 57.4 Å². The fraction of sp³-hybridized carbons (Fsp3) is 0.750. The lowest BCUT2D eigenvalue weighted by Gasteiger charge is -2.01. The van der Waals surface area contributed by atoms with Crippen LogP contribution in [-0.4, -0.2) is 5.11 Å². The van der Waals surface area contributed by atoms with Gasteiger partial charge in [0.1, 0.15) is 0 Å². The van der Waals surface area contributed by atoms with Gasteiger partial charge in [-0.1, -0.05) is 20.3 Å². The molecule has 54 valence electrons. The van der Waals surface area contributed by atoms with Gasteiger partial charge in [0.25, 0.3) is 0 Å². The highest BCUT2D eigenvalue weighted by atomic mass is 16.3. The van der Waals surface area contributed by atoms with Crippen molar-refractivity contribution in [2.75, 3.05) is 0 Å². The first-order valence-corrected chi connectivity index (χ1v) is 3.54. The van der Waals surface area contributed by atoms with Crippen molar-refractivity contribution in [3.63, 3.8) is 0 Å². The first-order valence-electron chi connectivity index (χ1n) is 3.54. The van der Waals surface area contributed by atoms with Crippen LogP contribution in [0.25, 0.3) is 0 Å². The maximum Gasteiger partial charge on any atom is 0.0854 e. The third kappa shape index (κ3) is 5.41. The molecule has 0 rings (SSSR count). The molecule has 9 heavy (non-hydrogen) atoms. The van der Waals surface area contributed by atoms with Gasteiger partial charge in [-0.25, -0.2) is 0 Å². The van der Waals surface area contributed by atoms with E-state index in [0.29, 0.717) is 11.7 Å². The van der Waals surface area contributed by atoms with Crippen LogP contribution in [0.2, 0.25) is 0 Å². The lowest BCUT2D eigenvalue weighted by molar-refractivity contribution is 0.404. The normalized spacial score (nSPS) is 15.7. The Morgan fingerprint density at radius 1 is 1.67 bits per heavy atom. The van der Waals surface area contributed by atoms with Crippen LogP contribution in [0, 0.1) is 5.92 Å². The van der Waals surface area contributed by atoms with E-state index in [9.17, 15) is 0 Å². The summed E-state index contributed by atoms with van der Waals surface area (Å²) in [5.74, 6) is 0.968. The summed E-state index contributed by atoms with van der Waals surface area (Å²) in [6.07, 6.45) is 4.24. The Hall–Kier alpha value is -0.460. The Morgan fingerprint density at radius 3 is 2.56 bits per heavy atom. The summed E-state index contributed by atoms with van der Waals surface area (Å²) in [6, 6.07) is 0. The molecule has 1 N–H and O–H groups in total. The highest BCUT2D eigenvalue weighted by Crippen LogP contribution is 2.07. The lowest BCUT2D eigenvalue weighted by atomic mass is 10.1. The van der Waals surface area contributed by atoms with Crippen molar-refractivity contribution in [2.24, 2.45) is 5.92 Å². The Bertz CT molecular complexity index is 90.7. The van der Waals surface area contributed by atoms with Crippen LogP contribution in [0.5, 0.6) is 0 Å². The standard InChI is InChI=1S/C8H16O/c1-4-5-7(2)6-8(3)9/h6-7,9H,4-5H2,1-3H3/b8-6-/t7-/m0/s1. The van der Waals surface area contributed by atoms with Gasteiger partial charge in [-0.15, -0.1) is 0 Å². The third-order valence-corrected chi connectivity index (χ3v) is 1.27. The van der Waals surface area contributed by atoms with Crippen molar-refractivity contribution in [2.45, 2.75) is 33.6 Å². The van der Waals surface area contributed by atoms with E-state index in [0.717, 1.165) is 6.42 Å². The highest BCUT2D eigenvalue weighted by molar-refractivity contribution is 4.89. The molecule has 0 radical (unpaired) electrons. The number of allylic oxidation sites excluding steroid dienone is 2. The van der Waals surface area contributed by atoms with E-state index in [1.807, 2.05) is 6.08 Å². The lowest BCUT2D eigenvalue weighted by Crippen LogP contribution is -1.88. The van der Waals surface area contributed by atoms with E-state index < -0.39 is 0 Å². The smallest absolute Gasteiger partial charge is 0.0854 e. The second kappa shape index (κ2) is 4.42. The minimum Gasteiger partial charge on any atom is -0.513 e. The van der Waals surface area contributed by atoms with Crippen LogP contribution >= 0.6 is 0 Å². The molecule has 0 bridgehead atoms. The fourth-order valence-corrected chi connectivity index (χ4v) is 0.950. The predicted molar refractivity (Wildman–Crippen MR) is 40.5 cm³/mol.